The summed E-state index contributed by atoms with van der Waals surface area (Å²) in [6, 6.07) is 7.69. The minimum atomic E-state index is -0.222. The van der Waals surface area contributed by atoms with Crippen molar-refractivity contribution in [2.24, 2.45) is 0 Å². The molecule has 0 N–H and O–H groups in total. The van der Waals surface area contributed by atoms with Gasteiger partial charge >= 0.3 is 5.97 Å². The summed E-state index contributed by atoms with van der Waals surface area (Å²) < 4.78 is 5.30. The highest BCUT2D eigenvalue weighted by Gasteiger charge is 2.08. The maximum Gasteiger partial charge on any atom is 0.338 e. The lowest BCUT2D eigenvalue weighted by atomic mass is 10.0. The summed E-state index contributed by atoms with van der Waals surface area (Å²) in [5, 5.41) is 0. The number of ether oxygens (including phenoxy) is 1. The zero-order chi connectivity index (χ0) is 15.0. The van der Waals surface area contributed by atoms with Gasteiger partial charge in [0.25, 0.3) is 0 Å². The van der Waals surface area contributed by atoms with E-state index in [-0.39, 0.29) is 18.4 Å². The van der Waals surface area contributed by atoms with E-state index in [1.54, 1.807) is 0 Å². The van der Waals surface area contributed by atoms with Crippen LogP contribution in [0.1, 0.15) is 56.0 Å². The maximum absolute atomic E-state index is 11.9. The van der Waals surface area contributed by atoms with Gasteiger partial charge in [-0.25, -0.2) is 4.79 Å². The Hall–Kier alpha value is -1.06. The third-order valence-corrected chi connectivity index (χ3v) is 3.56. The van der Waals surface area contributed by atoms with Crippen LogP contribution in [-0.4, -0.2) is 37.1 Å². The third kappa shape index (κ3) is 6.96. The minimum Gasteiger partial charge on any atom is -0.462 e. The molecule has 0 amide bonds. The van der Waals surface area contributed by atoms with Crippen molar-refractivity contribution in [3.63, 3.8) is 0 Å². The van der Waals surface area contributed by atoms with Crippen molar-refractivity contribution in [2.75, 3.05) is 26.2 Å². The molecule has 0 spiro atoms. The molecule has 0 saturated carbocycles. The Labute approximate surface area is 135 Å². The number of rotatable bonds is 8. The Balaban J connectivity index is 0.00000400. The Kier molecular flexibility index (Phi) is 10.1. The maximum atomic E-state index is 11.9. The standard InChI is InChI=1S/C17H27NO2.ClH/c1-5-18(6-2)12-7-13-20-17(19)16-10-8-15(9-11-16)14(3)4;/h8-11,14H,5-7,12-13H2,1-4H3;1H. The van der Waals surface area contributed by atoms with Crippen LogP contribution in [-0.2, 0) is 4.74 Å². The van der Waals surface area contributed by atoms with Crippen LogP contribution in [0.15, 0.2) is 24.3 Å². The van der Waals surface area contributed by atoms with Crippen molar-refractivity contribution in [3.8, 4) is 0 Å². The molecule has 0 bridgehead atoms. The minimum absolute atomic E-state index is 0. The van der Waals surface area contributed by atoms with Crippen LogP contribution in [0, 0.1) is 0 Å². The van der Waals surface area contributed by atoms with Crippen LogP contribution in [0.2, 0.25) is 0 Å². The van der Waals surface area contributed by atoms with E-state index in [1.807, 2.05) is 24.3 Å². The fourth-order valence-electron chi connectivity index (χ4n) is 2.08. The SMILES string of the molecule is CCN(CC)CCCOC(=O)c1ccc(C(C)C)cc1.Cl. The molecule has 0 aliphatic carbocycles. The van der Waals surface area contributed by atoms with E-state index in [2.05, 4.69) is 32.6 Å². The zero-order valence-electron chi connectivity index (χ0n) is 13.6. The number of hydrogen-bond donors (Lipinski definition) is 0. The summed E-state index contributed by atoms with van der Waals surface area (Å²) in [5.41, 5.74) is 1.88. The lowest BCUT2D eigenvalue weighted by Crippen LogP contribution is -2.25. The van der Waals surface area contributed by atoms with Gasteiger partial charge in [-0.15, -0.1) is 12.4 Å². The number of hydrogen-bond acceptors (Lipinski definition) is 3. The molecule has 3 nitrogen and oxygen atoms in total. The average Bonchev–Trinajstić information content (AvgIpc) is 2.47. The first-order valence-electron chi connectivity index (χ1n) is 7.57. The number of carbonyl (C=O) groups excluding carboxylic acids is 1. The summed E-state index contributed by atoms with van der Waals surface area (Å²) in [4.78, 5) is 14.2. The topological polar surface area (TPSA) is 29.5 Å². The van der Waals surface area contributed by atoms with Crippen molar-refractivity contribution in [3.05, 3.63) is 35.4 Å². The highest BCUT2D eigenvalue weighted by molar-refractivity contribution is 5.89. The molecule has 0 aliphatic rings. The summed E-state index contributed by atoms with van der Waals surface area (Å²) in [6.07, 6.45) is 0.886. The normalized spacial score (nSPS) is 10.6. The van der Waals surface area contributed by atoms with Gasteiger partial charge in [-0.2, -0.15) is 0 Å². The van der Waals surface area contributed by atoms with Crippen LogP contribution in [0.25, 0.3) is 0 Å². The van der Waals surface area contributed by atoms with E-state index in [0.717, 1.165) is 26.1 Å². The predicted molar refractivity (Wildman–Crippen MR) is 90.5 cm³/mol. The Morgan fingerprint density at radius 1 is 1.14 bits per heavy atom. The van der Waals surface area contributed by atoms with Crippen LogP contribution >= 0.6 is 12.4 Å². The molecule has 1 aromatic rings. The van der Waals surface area contributed by atoms with E-state index in [0.29, 0.717) is 18.1 Å². The Bertz CT molecular complexity index is 400. The van der Waals surface area contributed by atoms with Gasteiger partial charge in [-0.1, -0.05) is 39.8 Å². The highest BCUT2D eigenvalue weighted by atomic mass is 35.5. The highest BCUT2D eigenvalue weighted by Crippen LogP contribution is 2.15. The van der Waals surface area contributed by atoms with E-state index in [9.17, 15) is 4.79 Å². The van der Waals surface area contributed by atoms with Crippen LogP contribution in [0.5, 0.6) is 0 Å². The molecule has 0 aromatic heterocycles. The molecule has 120 valence electrons. The van der Waals surface area contributed by atoms with Gasteiger partial charge in [0.2, 0.25) is 0 Å². The fourth-order valence-corrected chi connectivity index (χ4v) is 2.08. The van der Waals surface area contributed by atoms with Gasteiger partial charge in [-0.05, 0) is 43.1 Å². The monoisotopic (exact) mass is 313 g/mol. The number of nitrogens with zero attached hydrogens (tertiary/aromatic N) is 1. The summed E-state index contributed by atoms with van der Waals surface area (Å²) in [5.74, 6) is 0.258. The van der Waals surface area contributed by atoms with Crippen molar-refractivity contribution in [1.29, 1.82) is 0 Å². The predicted octanol–water partition coefficient (Wildman–Crippen LogP) is 4.12. The van der Waals surface area contributed by atoms with Gasteiger partial charge in [0.1, 0.15) is 0 Å². The molecule has 0 saturated heterocycles. The van der Waals surface area contributed by atoms with Gasteiger partial charge in [0.05, 0.1) is 12.2 Å². The quantitative estimate of drug-likeness (QED) is 0.534. The van der Waals surface area contributed by atoms with Crippen LogP contribution < -0.4 is 0 Å². The lowest BCUT2D eigenvalue weighted by molar-refractivity contribution is 0.0489. The van der Waals surface area contributed by atoms with Gasteiger partial charge in [0, 0.05) is 6.54 Å². The van der Waals surface area contributed by atoms with Crippen LogP contribution in [0.4, 0.5) is 0 Å². The smallest absolute Gasteiger partial charge is 0.338 e. The van der Waals surface area contributed by atoms with Crippen molar-refractivity contribution >= 4 is 18.4 Å². The van der Waals surface area contributed by atoms with Gasteiger partial charge in [-0.3, -0.25) is 0 Å². The lowest BCUT2D eigenvalue weighted by Gasteiger charge is -2.17. The average molecular weight is 314 g/mol. The second kappa shape index (κ2) is 10.6. The molecular formula is C17H28ClNO2. The number of esters is 1. The molecule has 0 radical (unpaired) electrons. The molecule has 1 rings (SSSR count). The fraction of sp³-hybridized carbons (Fsp3) is 0.588. The van der Waals surface area contributed by atoms with Gasteiger partial charge < -0.3 is 9.64 Å². The molecule has 0 atom stereocenters. The first-order chi connectivity index (χ1) is 9.58. The first-order valence-corrected chi connectivity index (χ1v) is 7.57. The molecule has 0 unspecified atom stereocenters. The van der Waals surface area contributed by atoms with E-state index in [4.69, 9.17) is 4.74 Å². The molecule has 0 fully saturated rings. The van der Waals surface area contributed by atoms with E-state index in [1.165, 1.54) is 5.56 Å². The molecular weight excluding hydrogens is 286 g/mol. The Morgan fingerprint density at radius 3 is 2.19 bits per heavy atom. The second-order valence-corrected chi connectivity index (χ2v) is 5.29. The largest absolute Gasteiger partial charge is 0.462 e. The molecule has 4 heteroatoms. The van der Waals surface area contributed by atoms with E-state index >= 15 is 0 Å². The molecule has 0 heterocycles. The van der Waals surface area contributed by atoms with Crippen molar-refractivity contribution in [1.82, 2.24) is 4.90 Å². The number of benzene rings is 1. The molecule has 1 aromatic carbocycles. The zero-order valence-corrected chi connectivity index (χ0v) is 14.4. The number of carbonyl (C=O) groups is 1. The van der Waals surface area contributed by atoms with Crippen LogP contribution in [0.3, 0.4) is 0 Å². The summed E-state index contributed by atoms with van der Waals surface area (Å²) >= 11 is 0. The molecule has 21 heavy (non-hydrogen) atoms. The van der Waals surface area contributed by atoms with Crippen molar-refractivity contribution < 1.29 is 9.53 Å². The summed E-state index contributed by atoms with van der Waals surface area (Å²) in [6.45, 7) is 12.1. The van der Waals surface area contributed by atoms with Gasteiger partial charge in [0.15, 0.2) is 0 Å². The molecule has 0 aliphatic heterocycles. The van der Waals surface area contributed by atoms with E-state index < -0.39 is 0 Å². The first kappa shape index (κ1) is 19.9. The van der Waals surface area contributed by atoms with Crippen molar-refractivity contribution in [2.45, 2.75) is 40.0 Å². The number of halogens is 1. The second-order valence-electron chi connectivity index (χ2n) is 5.29. The summed E-state index contributed by atoms with van der Waals surface area (Å²) in [7, 11) is 0. The Morgan fingerprint density at radius 2 is 1.71 bits per heavy atom. The third-order valence-electron chi connectivity index (χ3n) is 3.56.